The van der Waals surface area contributed by atoms with Crippen molar-refractivity contribution in [2.75, 3.05) is 13.1 Å². The van der Waals surface area contributed by atoms with E-state index in [0.29, 0.717) is 13.0 Å². The molecule has 5 heteroatoms. The average Bonchev–Trinajstić information content (AvgIpc) is 3.23. The molecule has 1 aliphatic heterocycles. The summed E-state index contributed by atoms with van der Waals surface area (Å²) in [6.07, 6.45) is 7.93. The van der Waals surface area contributed by atoms with Gasteiger partial charge in [-0.2, -0.15) is 5.10 Å². The Morgan fingerprint density at radius 2 is 1.66 bits per heavy atom. The van der Waals surface area contributed by atoms with Crippen molar-refractivity contribution in [2.24, 2.45) is 0 Å². The fourth-order valence-electron chi connectivity index (χ4n) is 3.86. The maximum atomic E-state index is 12.5. The Balaban J connectivity index is 1.32. The lowest BCUT2D eigenvalue weighted by Gasteiger charge is -2.27. The van der Waals surface area contributed by atoms with Crippen LogP contribution in [0.15, 0.2) is 67.0 Å². The normalized spacial score (nSPS) is 14.6. The van der Waals surface area contributed by atoms with Gasteiger partial charge < -0.3 is 5.32 Å². The number of rotatable bonds is 7. The molecule has 1 aliphatic rings. The first-order chi connectivity index (χ1) is 14.3. The van der Waals surface area contributed by atoms with Gasteiger partial charge in [-0.1, -0.05) is 48.9 Å². The smallest absolute Gasteiger partial charge is 0.224 e. The molecule has 0 saturated carbocycles. The number of para-hydroxylation sites is 1. The molecule has 1 fully saturated rings. The number of amides is 1. The van der Waals surface area contributed by atoms with Crippen LogP contribution in [0.1, 0.15) is 36.0 Å². The zero-order valence-electron chi connectivity index (χ0n) is 16.8. The molecule has 29 heavy (non-hydrogen) atoms. The highest BCUT2D eigenvalue weighted by atomic mass is 16.1. The Labute approximate surface area is 172 Å². The quantitative estimate of drug-likeness (QED) is 0.671. The number of piperidine rings is 1. The van der Waals surface area contributed by atoms with Gasteiger partial charge in [0.1, 0.15) is 0 Å². The second kappa shape index (κ2) is 9.52. The average molecular weight is 389 g/mol. The third-order valence-electron chi connectivity index (χ3n) is 5.46. The molecule has 2 aromatic carbocycles. The molecule has 1 amide bonds. The number of likely N-dealkylation sites (tertiary alicyclic amines) is 1. The minimum absolute atomic E-state index is 0.0189. The summed E-state index contributed by atoms with van der Waals surface area (Å²) in [4.78, 5) is 15.0. The molecule has 0 atom stereocenters. The third kappa shape index (κ3) is 5.33. The second-order valence-electron chi connectivity index (χ2n) is 7.69. The lowest BCUT2D eigenvalue weighted by molar-refractivity contribution is -0.120. The summed E-state index contributed by atoms with van der Waals surface area (Å²) in [6.45, 7) is 3.88. The molecule has 0 spiro atoms. The number of aromatic nitrogens is 2. The number of carbonyl (C=O) groups excluding carboxylic acids is 1. The highest BCUT2D eigenvalue weighted by Crippen LogP contribution is 2.16. The summed E-state index contributed by atoms with van der Waals surface area (Å²) in [7, 11) is 0. The number of hydrogen-bond donors (Lipinski definition) is 1. The highest BCUT2D eigenvalue weighted by molar-refractivity contribution is 5.78. The molecular weight excluding hydrogens is 360 g/mol. The van der Waals surface area contributed by atoms with Gasteiger partial charge in [-0.3, -0.25) is 9.69 Å². The van der Waals surface area contributed by atoms with Gasteiger partial charge >= 0.3 is 0 Å². The minimum atomic E-state index is 0.0189. The van der Waals surface area contributed by atoms with E-state index in [1.165, 1.54) is 43.5 Å². The van der Waals surface area contributed by atoms with Crippen molar-refractivity contribution in [2.45, 2.75) is 38.8 Å². The molecular formula is C24H28N4O. The van der Waals surface area contributed by atoms with Gasteiger partial charge in [-0.15, -0.1) is 0 Å². The van der Waals surface area contributed by atoms with Crippen LogP contribution in [-0.4, -0.2) is 33.7 Å². The van der Waals surface area contributed by atoms with Gasteiger partial charge in [-0.05, 0) is 54.8 Å². The van der Waals surface area contributed by atoms with Gasteiger partial charge in [0.25, 0.3) is 0 Å². The van der Waals surface area contributed by atoms with E-state index in [0.717, 1.165) is 17.8 Å². The molecule has 1 aromatic heterocycles. The van der Waals surface area contributed by atoms with Crippen LogP contribution in [0.3, 0.4) is 0 Å². The lowest BCUT2D eigenvalue weighted by Crippen LogP contribution is -2.30. The van der Waals surface area contributed by atoms with E-state index in [1.54, 1.807) is 10.9 Å². The van der Waals surface area contributed by atoms with Crippen LogP contribution in [0.4, 0.5) is 0 Å². The Morgan fingerprint density at radius 3 is 2.45 bits per heavy atom. The molecule has 1 N–H and O–H groups in total. The molecule has 3 aromatic rings. The molecule has 4 rings (SSSR count). The molecule has 150 valence electrons. The van der Waals surface area contributed by atoms with Gasteiger partial charge in [-0.25, -0.2) is 4.68 Å². The van der Waals surface area contributed by atoms with Crippen molar-refractivity contribution in [3.63, 3.8) is 0 Å². The standard InChI is InChI=1S/C24H28N4O/c29-24(15-20-16-26-28(18-20)23-11-3-1-4-12-23)25-17-21-9-5-6-10-22(21)19-27-13-7-2-8-14-27/h1,3-6,9-12,16,18H,2,7-8,13-15,17,19H2,(H,25,29). The van der Waals surface area contributed by atoms with Crippen molar-refractivity contribution < 1.29 is 4.79 Å². The molecule has 0 radical (unpaired) electrons. The largest absolute Gasteiger partial charge is 0.352 e. The Bertz CT molecular complexity index is 929. The monoisotopic (exact) mass is 388 g/mol. The Morgan fingerprint density at radius 1 is 0.931 bits per heavy atom. The molecule has 1 saturated heterocycles. The van der Waals surface area contributed by atoms with E-state index in [1.807, 2.05) is 42.6 Å². The van der Waals surface area contributed by atoms with Crippen molar-refractivity contribution in [3.8, 4) is 5.69 Å². The highest BCUT2D eigenvalue weighted by Gasteiger charge is 2.13. The second-order valence-corrected chi connectivity index (χ2v) is 7.69. The summed E-state index contributed by atoms with van der Waals surface area (Å²) in [6, 6.07) is 18.4. The third-order valence-corrected chi connectivity index (χ3v) is 5.46. The fraction of sp³-hybridized carbons (Fsp3) is 0.333. The van der Waals surface area contributed by atoms with Crippen LogP contribution in [0.2, 0.25) is 0 Å². The van der Waals surface area contributed by atoms with E-state index < -0.39 is 0 Å². The number of hydrogen-bond acceptors (Lipinski definition) is 3. The number of nitrogens with one attached hydrogen (secondary N) is 1. The summed E-state index contributed by atoms with van der Waals surface area (Å²) >= 11 is 0. The molecule has 0 bridgehead atoms. The number of benzene rings is 2. The van der Waals surface area contributed by atoms with Crippen LogP contribution in [0, 0.1) is 0 Å². The van der Waals surface area contributed by atoms with Crippen molar-refractivity contribution in [3.05, 3.63) is 83.7 Å². The molecule has 5 nitrogen and oxygen atoms in total. The summed E-state index contributed by atoms with van der Waals surface area (Å²) in [5, 5.41) is 7.45. The zero-order valence-corrected chi connectivity index (χ0v) is 16.8. The van der Waals surface area contributed by atoms with Crippen LogP contribution < -0.4 is 5.32 Å². The zero-order chi connectivity index (χ0) is 19.9. The molecule has 0 unspecified atom stereocenters. The lowest BCUT2D eigenvalue weighted by atomic mass is 10.0. The number of nitrogens with zero attached hydrogens (tertiary/aromatic N) is 3. The topological polar surface area (TPSA) is 50.2 Å². The SMILES string of the molecule is O=C(Cc1cnn(-c2ccccc2)c1)NCc1ccccc1CN1CCCCC1. The molecule has 0 aliphatic carbocycles. The van der Waals surface area contributed by atoms with Crippen LogP contribution in [-0.2, 0) is 24.3 Å². The first kappa shape index (κ1) is 19.4. The Kier molecular flexibility index (Phi) is 6.37. The van der Waals surface area contributed by atoms with Crippen molar-refractivity contribution >= 4 is 5.91 Å². The fourth-order valence-corrected chi connectivity index (χ4v) is 3.86. The maximum Gasteiger partial charge on any atom is 0.224 e. The first-order valence-corrected chi connectivity index (χ1v) is 10.4. The van der Waals surface area contributed by atoms with Gasteiger partial charge in [0.15, 0.2) is 0 Å². The minimum Gasteiger partial charge on any atom is -0.352 e. The summed E-state index contributed by atoms with van der Waals surface area (Å²) in [5.74, 6) is 0.0189. The first-order valence-electron chi connectivity index (χ1n) is 10.4. The van der Waals surface area contributed by atoms with Crippen LogP contribution >= 0.6 is 0 Å². The molecule has 2 heterocycles. The van der Waals surface area contributed by atoms with Crippen molar-refractivity contribution in [1.29, 1.82) is 0 Å². The predicted molar refractivity (Wildman–Crippen MR) is 115 cm³/mol. The van der Waals surface area contributed by atoms with Gasteiger partial charge in [0, 0.05) is 19.3 Å². The van der Waals surface area contributed by atoms with E-state index in [9.17, 15) is 4.79 Å². The van der Waals surface area contributed by atoms with Crippen LogP contribution in [0.5, 0.6) is 0 Å². The Hall–Kier alpha value is -2.92. The maximum absolute atomic E-state index is 12.5. The van der Waals surface area contributed by atoms with Gasteiger partial charge in [0.05, 0.1) is 18.3 Å². The van der Waals surface area contributed by atoms with Gasteiger partial charge in [0.2, 0.25) is 5.91 Å². The van der Waals surface area contributed by atoms with Crippen LogP contribution in [0.25, 0.3) is 5.69 Å². The number of carbonyl (C=O) groups is 1. The van der Waals surface area contributed by atoms with E-state index in [2.05, 4.69) is 33.5 Å². The summed E-state index contributed by atoms with van der Waals surface area (Å²) in [5.41, 5.74) is 4.41. The van der Waals surface area contributed by atoms with E-state index >= 15 is 0 Å². The van der Waals surface area contributed by atoms with Crippen molar-refractivity contribution in [1.82, 2.24) is 20.0 Å². The predicted octanol–water partition coefficient (Wildman–Crippen LogP) is 3.72. The van der Waals surface area contributed by atoms with E-state index in [4.69, 9.17) is 0 Å². The van der Waals surface area contributed by atoms with E-state index in [-0.39, 0.29) is 5.91 Å². The summed E-state index contributed by atoms with van der Waals surface area (Å²) < 4.78 is 1.80.